The third kappa shape index (κ3) is 10.3. The molecule has 0 radical (unpaired) electrons. The summed E-state index contributed by atoms with van der Waals surface area (Å²) in [6, 6.07) is 0. The molecule has 0 aliphatic rings. The van der Waals surface area contributed by atoms with Crippen molar-refractivity contribution in [1.82, 2.24) is 0 Å². The first kappa shape index (κ1) is 17.7. The summed E-state index contributed by atoms with van der Waals surface area (Å²) in [5.74, 6) is 0. The summed E-state index contributed by atoms with van der Waals surface area (Å²) < 4.78 is 18.0. The molecule has 0 bridgehead atoms. The molecule has 8 heteroatoms. The smallest absolute Gasteiger partial charge is 0.320 e. The highest BCUT2D eigenvalue weighted by atomic mass is 28.5. The summed E-state index contributed by atoms with van der Waals surface area (Å²) in [5.41, 5.74) is 0. The third-order valence-corrected chi connectivity index (χ3v) is 13.9. The molecule has 0 rings (SSSR count). The molecule has 0 atom stereocenters. The molecule has 0 saturated heterocycles. The minimum Gasteiger partial charge on any atom is -0.437 e. The standard InChI is InChI=1S/C9H28O4Si4/c1-14(2,3)11-16(6,7)13-17(8,9)12-15(4,5)10/h10H,1-9H3. The SMILES string of the molecule is C[Si](C)(C)O[Si](C)(C)O[Si](C)(C)O[Si](C)(C)O. The monoisotopic (exact) mass is 312 g/mol. The van der Waals surface area contributed by atoms with Crippen LogP contribution in [0.1, 0.15) is 0 Å². The van der Waals surface area contributed by atoms with Crippen molar-refractivity contribution in [2.45, 2.75) is 58.9 Å². The zero-order chi connectivity index (χ0) is 14.1. The summed E-state index contributed by atoms with van der Waals surface area (Å²) in [4.78, 5) is 9.84. The fourth-order valence-corrected chi connectivity index (χ4v) is 18.5. The molecular weight excluding hydrogens is 284 g/mol. The molecule has 0 unspecified atom stereocenters. The highest BCUT2D eigenvalue weighted by Gasteiger charge is 2.42. The van der Waals surface area contributed by atoms with Gasteiger partial charge in [0.2, 0.25) is 0 Å². The fraction of sp³-hybridized carbons (Fsp3) is 1.00. The predicted molar refractivity (Wildman–Crippen MR) is 81.3 cm³/mol. The van der Waals surface area contributed by atoms with E-state index in [0.29, 0.717) is 0 Å². The zero-order valence-electron chi connectivity index (χ0n) is 12.7. The van der Waals surface area contributed by atoms with Crippen LogP contribution in [0.2, 0.25) is 58.9 Å². The van der Waals surface area contributed by atoms with Crippen LogP contribution >= 0.6 is 0 Å². The third-order valence-electron chi connectivity index (χ3n) is 1.54. The zero-order valence-corrected chi connectivity index (χ0v) is 16.7. The molecule has 0 amide bonds. The van der Waals surface area contributed by atoms with Crippen molar-refractivity contribution >= 4 is 34.0 Å². The lowest BCUT2D eigenvalue weighted by Gasteiger charge is -2.38. The van der Waals surface area contributed by atoms with E-state index in [1.165, 1.54) is 0 Å². The number of hydrogen-bond donors (Lipinski definition) is 1. The fourth-order valence-electron chi connectivity index (χ4n) is 1.97. The van der Waals surface area contributed by atoms with Gasteiger partial charge in [-0.25, -0.2) is 0 Å². The van der Waals surface area contributed by atoms with Crippen LogP contribution in [0, 0.1) is 0 Å². The highest BCUT2D eigenvalue weighted by molar-refractivity contribution is 6.88. The Morgan fingerprint density at radius 1 is 0.588 bits per heavy atom. The van der Waals surface area contributed by atoms with Crippen LogP contribution in [0.25, 0.3) is 0 Å². The molecule has 0 spiro atoms. The van der Waals surface area contributed by atoms with Crippen LogP contribution in [0.4, 0.5) is 0 Å². The Bertz CT molecular complexity index is 229. The van der Waals surface area contributed by atoms with E-state index in [1.807, 2.05) is 13.1 Å². The number of hydrogen-bond acceptors (Lipinski definition) is 4. The Morgan fingerprint density at radius 3 is 1.24 bits per heavy atom. The molecular formula is C9H28O4Si4. The van der Waals surface area contributed by atoms with Gasteiger partial charge in [-0.15, -0.1) is 0 Å². The van der Waals surface area contributed by atoms with Crippen LogP contribution in [0.15, 0.2) is 0 Å². The second-order valence-electron chi connectivity index (χ2n) is 6.66. The van der Waals surface area contributed by atoms with E-state index in [1.54, 1.807) is 13.1 Å². The molecule has 0 fully saturated rings. The Labute approximate surface area is 110 Å². The van der Waals surface area contributed by atoms with E-state index in [0.717, 1.165) is 0 Å². The molecule has 17 heavy (non-hydrogen) atoms. The maximum Gasteiger partial charge on any atom is 0.320 e. The Balaban J connectivity index is 4.59. The van der Waals surface area contributed by atoms with E-state index in [9.17, 15) is 4.80 Å². The van der Waals surface area contributed by atoms with Crippen molar-refractivity contribution < 1.29 is 17.1 Å². The Hall–Kier alpha value is 0.708. The number of rotatable bonds is 6. The van der Waals surface area contributed by atoms with Crippen LogP contribution in [0.5, 0.6) is 0 Å². The minimum absolute atomic E-state index is 1.60. The highest BCUT2D eigenvalue weighted by Crippen LogP contribution is 2.22. The quantitative estimate of drug-likeness (QED) is 0.766. The molecule has 0 aromatic carbocycles. The predicted octanol–water partition coefficient (Wildman–Crippen LogP) is 2.97. The van der Waals surface area contributed by atoms with Crippen LogP contribution in [-0.2, 0) is 12.3 Å². The maximum atomic E-state index is 9.84. The van der Waals surface area contributed by atoms with Crippen molar-refractivity contribution in [1.29, 1.82) is 0 Å². The van der Waals surface area contributed by atoms with E-state index in [4.69, 9.17) is 12.3 Å². The van der Waals surface area contributed by atoms with Crippen molar-refractivity contribution in [3.63, 3.8) is 0 Å². The first-order valence-electron chi connectivity index (χ1n) is 5.95. The maximum absolute atomic E-state index is 9.84. The van der Waals surface area contributed by atoms with Gasteiger partial charge in [0.25, 0.3) is 0 Å². The Kier molecular flexibility index (Phi) is 5.59. The molecule has 0 aliphatic heterocycles. The van der Waals surface area contributed by atoms with Gasteiger partial charge < -0.3 is 17.1 Å². The first-order valence-corrected chi connectivity index (χ1v) is 17.8. The average Bonchev–Trinajstić information content (AvgIpc) is 1.65. The molecule has 0 aliphatic carbocycles. The normalized spacial score (nSPS) is 15.2. The van der Waals surface area contributed by atoms with E-state index in [-0.39, 0.29) is 0 Å². The average molecular weight is 313 g/mol. The van der Waals surface area contributed by atoms with E-state index >= 15 is 0 Å². The summed E-state index contributed by atoms with van der Waals surface area (Å²) in [6.07, 6.45) is 0. The van der Waals surface area contributed by atoms with Gasteiger partial charge in [0.15, 0.2) is 8.32 Å². The van der Waals surface area contributed by atoms with Gasteiger partial charge >= 0.3 is 25.7 Å². The van der Waals surface area contributed by atoms with Crippen molar-refractivity contribution in [2.24, 2.45) is 0 Å². The van der Waals surface area contributed by atoms with E-state index in [2.05, 4.69) is 32.7 Å². The first-order chi connectivity index (χ1) is 7.12. The van der Waals surface area contributed by atoms with Crippen LogP contribution in [-0.4, -0.2) is 38.8 Å². The van der Waals surface area contributed by atoms with Gasteiger partial charge in [0.1, 0.15) is 0 Å². The van der Waals surface area contributed by atoms with Gasteiger partial charge in [-0.3, -0.25) is 0 Å². The van der Waals surface area contributed by atoms with Gasteiger partial charge in [0.05, 0.1) is 0 Å². The molecule has 1 N–H and O–H groups in total. The second-order valence-corrected chi connectivity index (χ2v) is 21.8. The van der Waals surface area contributed by atoms with Crippen molar-refractivity contribution in [3.8, 4) is 0 Å². The topological polar surface area (TPSA) is 47.9 Å². The Morgan fingerprint density at radius 2 is 0.941 bits per heavy atom. The lowest BCUT2D eigenvalue weighted by molar-refractivity contribution is 0.297. The van der Waals surface area contributed by atoms with E-state index < -0.39 is 34.0 Å². The van der Waals surface area contributed by atoms with Crippen LogP contribution < -0.4 is 0 Å². The summed E-state index contributed by atoms with van der Waals surface area (Å²) in [6.45, 7) is 18.0. The molecule has 4 nitrogen and oxygen atoms in total. The summed E-state index contributed by atoms with van der Waals surface area (Å²) in [5, 5.41) is 0. The van der Waals surface area contributed by atoms with Gasteiger partial charge in [-0.1, -0.05) is 0 Å². The van der Waals surface area contributed by atoms with Gasteiger partial charge in [-0.2, -0.15) is 0 Å². The largest absolute Gasteiger partial charge is 0.437 e. The molecule has 0 saturated carbocycles. The van der Waals surface area contributed by atoms with Crippen LogP contribution in [0.3, 0.4) is 0 Å². The van der Waals surface area contributed by atoms with Crippen molar-refractivity contribution in [2.75, 3.05) is 0 Å². The van der Waals surface area contributed by atoms with Gasteiger partial charge in [0, 0.05) is 0 Å². The lowest BCUT2D eigenvalue weighted by Crippen LogP contribution is -2.55. The summed E-state index contributed by atoms with van der Waals surface area (Å²) in [7, 11) is -8.60. The lowest BCUT2D eigenvalue weighted by atomic mass is 11.8. The second kappa shape index (κ2) is 5.37. The molecule has 0 heterocycles. The molecule has 0 aromatic rings. The molecule has 104 valence electrons. The van der Waals surface area contributed by atoms with Crippen molar-refractivity contribution in [3.05, 3.63) is 0 Å². The van der Waals surface area contributed by atoms with Gasteiger partial charge in [-0.05, 0) is 58.9 Å². The minimum atomic E-state index is -2.54. The summed E-state index contributed by atoms with van der Waals surface area (Å²) >= 11 is 0. The molecule has 0 aromatic heterocycles.